The van der Waals surface area contributed by atoms with Crippen LogP contribution < -0.4 is 5.32 Å². The average Bonchev–Trinajstić information content (AvgIpc) is 2.66. The third kappa shape index (κ3) is 4.10. The highest BCUT2D eigenvalue weighted by molar-refractivity contribution is 6.32. The highest BCUT2D eigenvalue weighted by Gasteiger charge is 2.15. The lowest BCUT2D eigenvalue weighted by Gasteiger charge is -2.15. The second-order valence-electron chi connectivity index (χ2n) is 5.16. The summed E-state index contributed by atoms with van der Waals surface area (Å²) in [6.07, 6.45) is 7.78. The summed E-state index contributed by atoms with van der Waals surface area (Å²) in [4.78, 5) is 10.4. The van der Waals surface area contributed by atoms with Crippen molar-refractivity contribution in [2.45, 2.75) is 38.5 Å². The quantitative estimate of drug-likeness (QED) is 0.497. The highest BCUT2D eigenvalue weighted by Crippen LogP contribution is 2.28. The van der Waals surface area contributed by atoms with Crippen LogP contribution in [-0.4, -0.2) is 11.5 Å². The minimum Gasteiger partial charge on any atom is -0.385 e. The smallest absolute Gasteiger partial charge is 0.289 e. The Balaban J connectivity index is 1.95. The number of hydrogen-bond acceptors (Lipinski definition) is 3. The van der Waals surface area contributed by atoms with Crippen molar-refractivity contribution in [2.24, 2.45) is 5.92 Å². The van der Waals surface area contributed by atoms with Gasteiger partial charge in [0.1, 0.15) is 5.02 Å². The molecule has 1 aromatic carbocycles. The third-order valence-corrected chi connectivity index (χ3v) is 4.03. The normalized spacial score (nSPS) is 16.9. The summed E-state index contributed by atoms with van der Waals surface area (Å²) >= 11 is 5.79. The van der Waals surface area contributed by atoms with Crippen LogP contribution in [0.3, 0.4) is 0 Å². The van der Waals surface area contributed by atoms with Crippen LogP contribution in [0.4, 0.5) is 11.4 Å². The first-order valence-electron chi connectivity index (χ1n) is 6.84. The topological polar surface area (TPSA) is 55.2 Å². The summed E-state index contributed by atoms with van der Waals surface area (Å²) < 4.78 is 0. The second-order valence-corrected chi connectivity index (χ2v) is 5.57. The zero-order chi connectivity index (χ0) is 13.7. The predicted molar refractivity (Wildman–Crippen MR) is 77.8 cm³/mol. The minimum absolute atomic E-state index is 0.0347. The number of halogens is 1. The Morgan fingerprint density at radius 1 is 1.26 bits per heavy atom. The first-order valence-corrected chi connectivity index (χ1v) is 7.22. The van der Waals surface area contributed by atoms with Gasteiger partial charge in [-0.25, -0.2) is 0 Å². The van der Waals surface area contributed by atoms with Gasteiger partial charge in [0.15, 0.2) is 0 Å². The number of nitrogens with one attached hydrogen (secondary N) is 1. The molecular formula is C14H19ClN2O2. The van der Waals surface area contributed by atoms with Gasteiger partial charge in [0.25, 0.3) is 5.69 Å². The molecule has 4 nitrogen and oxygen atoms in total. The Morgan fingerprint density at radius 2 is 1.95 bits per heavy atom. The molecule has 104 valence electrons. The number of benzene rings is 1. The number of nitrogens with zero attached hydrogens (tertiary/aromatic N) is 1. The molecule has 2 rings (SSSR count). The Labute approximate surface area is 118 Å². The summed E-state index contributed by atoms with van der Waals surface area (Å²) in [7, 11) is 0. The van der Waals surface area contributed by atoms with E-state index in [0.717, 1.165) is 12.2 Å². The van der Waals surface area contributed by atoms with Crippen molar-refractivity contribution < 1.29 is 4.92 Å². The van der Waals surface area contributed by atoms with Gasteiger partial charge in [0.05, 0.1) is 4.92 Å². The van der Waals surface area contributed by atoms with Gasteiger partial charge in [0.2, 0.25) is 0 Å². The van der Waals surface area contributed by atoms with Gasteiger partial charge in [-0.05, 0) is 30.9 Å². The molecule has 0 spiro atoms. The van der Waals surface area contributed by atoms with E-state index in [1.54, 1.807) is 12.1 Å². The van der Waals surface area contributed by atoms with Crippen LogP contribution in [0.5, 0.6) is 0 Å². The summed E-state index contributed by atoms with van der Waals surface area (Å²) in [5.41, 5.74) is 0.743. The fraction of sp³-hybridized carbons (Fsp3) is 0.571. The van der Waals surface area contributed by atoms with Gasteiger partial charge in [-0.2, -0.15) is 0 Å². The van der Waals surface area contributed by atoms with Crippen molar-refractivity contribution in [3.63, 3.8) is 0 Å². The molecule has 1 aliphatic rings. The van der Waals surface area contributed by atoms with Crippen molar-refractivity contribution in [3.8, 4) is 0 Å². The molecule has 0 unspecified atom stereocenters. The molecule has 1 fully saturated rings. The number of nitro groups is 1. The van der Waals surface area contributed by atoms with Crippen molar-refractivity contribution in [2.75, 3.05) is 11.9 Å². The Bertz CT molecular complexity index is 443. The molecule has 0 aromatic heterocycles. The molecule has 0 amide bonds. The van der Waals surface area contributed by atoms with Gasteiger partial charge in [0, 0.05) is 18.3 Å². The molecule has 1 N–H and O–H groups in total. The van der Waals surface area contributed by atoms with Gasteiger partial charge < -0.3 is 5.32 Å². The molecule has 1 aliphatic carbocycles. The second kappa shape index (κ2) is 6.75. The van der Waals surface area contributed by atoms with Crippen molar-refractivity contribution in [1.29, 1.82) is 0 Å². The van der Waals surface area contributed by atoms with Crippen LogP contribution in [0.2, 0.25) is 5.02 Å². The van der Waals surface area contributed by atoms with Gasteiger partial charge in [-0.1, -0.05) is 37.3 Å². The number of anilines is 1. The first-order chi connectivity index (χ1) is 9.16. The van der Waals surface area contributed by atoms with Crippen LogP contribution in [0.15, 0.2) is 18.2 Å². The predicted octanol–water partition coefficient (Wildman–Crippen LogP) is 4.63. The fourth-order valence-electron chi connectivity index (χ4n) is 2.59. The lowest BCUT2D eigenvalue weighted by molar-refractivity contribution is -0.384. The number of nitro benzene ring substituents is 1. The molecule has 0 bridgehead atoms. The highest BCUT2D eigenvalue weighted by atomic mass is 35.5. The van der Waals surface area contributed by atoms with E-state index in [-0.39, 0.29) is 10.7 Å². The third-order valence-electron chi connectivity index (χ3n) is 3.71. The van der Waals surface area contributed by atoms with Crippen LogP contribution in [0, 0.1) is 16.0 Å². The molecule has 0 aliphatic heterocycles. The standard InChI is InChI=1S/C14H19ClN2O2/c15-13-8-7-12(9-14(13)17(18)19)16-10-11-5-3-1-2-4-6-11/h7-9,11,16H,1-6,10H2. The lowest BCUT2D eigenvalue weighted by Crippen LogP contribution is -2.13. The Hall–Kier alpha value is -1.29. The fourth-order valence-corrected chi connectivity index (χ4v) is 2.78. The van der Waals surface area contributed by atoms with Crippen LogP contribution in [-0.2, 0) is 0 Å². The van der Waals surface area contributed by atoms with E-state index in [9.17, 15) is 10.1 Å². The monoisotopic (exact) mass is 282 g/mol. The van der Waals surface area contributed by atoms with Crippen LogP contribution in [0.25, 0.3) is 0 Å². The Kier molecular flexibility index (Phi) is 5.02. The van der Waals surface area contributed by atoms with Crippen molar-refractivity contribution >= 4 is 23.0 Å². The summed E-state index contributed by atoms with van der Waals surface area (Å²) in [6.45, 7) is 0.888. The van der Waals surface area contributed by atoms with Crippen molar-refractivity contribution in [1.82, 2.24) is 0 Å². The molecular weight excluding hydrogens is 264 g/mol. The minimum atomic E-state index is -0.445. The van der Waals surface area contributed by atoms with E-state index in [0.29, 0.717) is 5.92 Å². The van der Waals surface area contributed by atoms with E-state index >= 15 is 0 Å². The van der Waals surface area contributed by atoms with E-state index < -0.39 is 4.92 Å². The summed E-state index contributed by atoms with van der Waals surface area (Å²) in [5, 5.41) is 14.3. The first kappa shape index (κ1) is 14.1. The molecule has 0 saturated heterocycles. The maximum absolute atomic E-state index is 10.8. The summed E-state index contributed by atoms with van der Waals surface area (Å²) in [6, 6.07) is 4.89. The van der Waals surface area contributed by atoms with Crippen LogP contribution >= 0.6 is 11.6 Å². The SMILES string of the molecule is O=[N+]([O-])c1cc(NCC2CCCCCC2)ccc1Cl. The van der Waals surface area contributed by atoms with E-state index in [4.69, 9.17) is 11.6 Å². The maximum Gasteiger partial charge on any atom is 0.289 e. The zero-order valence-electron chi connectivity index (χ0n) is 10.9. The molecule has 0 heterocycles. The number of rotatable bonds is 4. The molecule has 0 radical (unpaired) electrons. The van der Waals surface area contributed by atoms with Gasteiger partial charge in [-0.15, -0.1) is 0 Å². The Morgan fingerprint density at radius 3 is 2.58 bits per heavy atom. The largest absolute Gasteiger partial charge is 0.385 e. The molecule has 1 saturated carbocycles. The van der Waals surface area contributed by atoms with E-state index in [1.165, 1.54) is 44.6 Å². The zero-order valence-corrected chi connectivity index (χ0v) is 11.7. The average molecular weight is 283 g/mol. The lowest BCUT2D eigenvalue weighted by atomic mass is 10.0. The maximum atomic E-state index is 10.8. The van der Waals surface area contributed by atoms with Gasteiger partial charge in [-0.3, -0.25) is 10.1 Å². The molecule has 5 heteroatoms. The molecule has 1 aromatic rings. The van der Waals surface area contributed by atoms with Crippen LogP contribution in [0.1, 0.15) is 38.5 Å². The molecule has 0 atom stereocenters. The summed E-state index contributed by atoms with van der Waals surface area (Å²) in [5.74, 6) is 0.678. The molecule has 19 heavy (non-hydrogen) atoms. The number of hydrogen-bond donors (Lipinski definition) is 1. The van der Waals surface area contributed by atoms with Gasteiger partial charge >= 0.3 is 0 Å². The van der Waals surface area contributed by atoms with Crippen molar-refractivity contribution in [3.05, 3.63) is 33.3 Å². The van der Waals surface area contributed by atoms with E-state index in [1.807, 2.05) is 0 Å². The van der Waals surface area contributed by atoms with E-state index in [2.05, 4.69) is 5.32 Å².